The molecule has 0 radical (unpaired) electrons. The number of carbonyl (C=O) groups excluding carboxylic acids is 3. The number of anilines is 2. The molecule has 0 unspecified atom stereocenters. The van der Waals surface area contributed by atoms with Crippen LogP contribution in [0.5, 0.6) is 0 Å². The Bertz CT molecular complexity index is 1170. The molecule has 3 rings (SSSR count). The lowest BCUT2D eigenvalue weighted by Gasteiger charge is -2.15. The Labute approximate surface area is 181 Å². The van der Waals surface area contributed by atoms with E-state index in [1.165, 1.54) is 20.0 Å². The average molecular weight is 469 g/mol. The number of carbonyl (C=O) groups is 3. The molecule has 1 aliphatic heterocycles. The third kappa shape index (κ3) is 3.67. The third-order valence-corrected chi connectivity index (χ3v) is 5.25. The van der Waals surface area contributed by atoms with Gasteiger partial charge in [0.05, 0.1) is 26.9 Å². The van der Waals surface area contributed by atoms with E-state index in [0.29, 0.717) is 11.4 Å². The van der Waals surface area contributed by atoms with Crippen LogP contribution in [0, 0.1) is 11.3 Å². The van der Waals surface area contributed by atoms with Crippen LogP contribution in [0.1, 0.15) is 33.2 Å². The number of imide groups is 1. The lowest BCUT2D eigenvalue weighted by Crippen LogP contribution is -2.24. The summed E-state index contributed by atoms with van der Waals surface area (Å²) >= 11 is 3.30. The van der Waals surface area contributed by atoms with Crippen LogP contribution in [0.15, 0.2) is 39.0 Å². The predicted octanol–water partition coefficient (Wildman–Crippen LogP) is 3.99. The smallest absolute Gasteiger partial charge is 0.262 e. The molecule has 9 nitrogen and oxygen atoms in total. The van der Waals surface area contributed by atoms with E-state index >= 15 is 0 Å². The molecule has 30 heavy (non-hydrogen) atoms. The van der Waals surface area contributed by atoms with Crippen LogP contribution in [-0.2, 0) is 4.79 Å². The topological polar surface area (TPSA) is 118 Å². The Balaban J connectivity index is 2.12. The van der Waals surface area contributed by atoms with E-state index in [1.807, 2.05) is 25.1 Å². The molecule has 0 aliphatic carbocycles. The zero-order chi connectivity index (χ0) is 22.2. The Kier molecular flexibility index (Phi) is 5.67. The maximum absolute atomic E-state index is 12.4. The third-order valence-electron chi connectivity index (χ3n) is 4.48. The quantitative estimate of drug-likeness (QED) is 0.537. The lowest BCUT2D eigenvalue weighted by atomic mass is 10.0. The summed E-state index contributed by atoms with van der Waals surface area (Å²) in [6, 6.07) is 8.55. The van der Waals surface area contributed by atoms with Crippen LogP contribution in [0.4, 0.5) is 22.7 Å². The number of nitrogens with zero attached hydrogens (tertiary/aromatic N) is 5. The largest absolute Gasteiger partial charge is 0.378 e. The van der Waals surface area contributed by atoms with Crippen LogP contribution in [0.2, 0.25) is 0 Å². The van der Waals surface area contributed by atoms with E-state index in [1.54, 1.807) is 18.2 Å². The molecule has 152 valence electrons. The van der Waals surface area contributed by atoms with Crippen molar-refractivity contribution < 1.29 is 14.4 Å². The average Bonchev–Trinajstić information content (AvgIpc) is 2.91. The number of fused-ring (bicyclic) bond motifs is 1. The van der Waals surface area contributed by atoms with Gasteiger partial charge in [-0.2, -0.15) is 5.26 Å². The SMILES string of the molecule is CC(=O)Nc1cc(N(C)C)ccc1N=Nc1c(C#N)cc2c(c1Br)C(=O)N(C)C2=O. The summed E-state index contributed by atoms with van der Waals surface area (Å²) in [6.45, 7) is 1.38. The van der Waals surface area contributed by atoms with Gasteiger partial charge in [-0.3, -0.25) is 19.3 Å². The Morgan fingerprint density at radius 3 is 2.50 bits per heavy atom. The molecule has 2 aromatic rings. The molecule has 10 heteroatoms. The van der Waals surface area contributed by atoms with Crippen molar-refractivity contribution in [2.75, 3.05) is 31.4 Å². The summed E-state index contributed by atoms with van der Waals surface area (Å²) in [7, 11) is 5.10. The van der Waals surface area contributed by atoms with Gasteiger partial charge >= 0.3 is 0 Å². The number of hydrogen-bond acceptors (Lipinski definition) is 7. The summed E-state index contributed by atoms with van der Waals surface area (Å²) in [5, 5.41) is 20.6. The van der Waals surface area contributed by atoms with Crippen LogP contribution < -0.4 is 10.2 Å². The summed E-state index contributed by atoms with van der Waals surface area (Å²) in [6.07, 6.45) is 0. The molecule has 2 aromatic carbocycles. The van der Waals surface area contributed by atoms with Crippen molar-refractivity contribution in [1.29, 1.82) is 5.26 Å². The minimum atomic E-state index is -0.489. The molecule has 1 N–H and O–H groups in total. The lowest BCUT2D eigenvalue weighted by molar-refractivity contribution is -0.114. The number of halogens is 1. The van der Waals surface area contributed by atoms with E-state index in [2.05, 4.69) is 31.5 Å². The van der Waals surface area contributed by atoms with Gasteiger partial charge in [0.25, 0.3) is 11.8 Å². The predicted molar refractivity (Wildman–Crippen MR) is 115 cm³/mol. The second kappa shape index (κ2) is 8.04. The number of amides is 3. The summed E-state index contributed by atoms with van der Waals surface area (Å²) in [5.74, 6) is -1.24. The molecular formula is C20H17BrN6O3. The fourth-order valence-corrected chi connectivity index (χ4v) is 3.60. The van der Waals surface area contributed by atoms with E-state index in [-0.39, 0.29) is 32.8 Å². The van der Waals surface area contributed by atoms with Gasteiger partial charge in [-0.15, -0.1) is 10.2 Å². The Morgan fingerprint density at radius 1 is 1.20 bits per heavy atom. The Hall–Kier alpha value is -3.58. The van der Waals surface area contributed by atoms with Crippen molar-refractivity contribution >= 4 is 56.4 Å². The number of azo groups is 1. The fraction of sp³-hybridized carbons (Fsp3) is 0.200. The summed E-state index contributed by atoms with van der Waals surface area (Å²) in [5.41, 5.74) is 2.15. The maximum atomic E-state index is 12.4. The molecule has 0 aromatic heterocycles. The standard InChI is InChI=1S/C20H17BrN6O3/c1-10(28)23-15-8-12(26(2)3)5-6-14(15)24-25-18-11(9-22)7-13-16(17(18)21)20(30)27(4)19(13)29/h5-8H,1-4H3,(H,23,28). The highest BCUT2D eigenvalue weighted by Crippen LogP contribution is 2.40. The first-order valence-corrected chi connectivity index (χ1v) is 9.54. The van der Waals surface area contributed by atoms with Gasteiger partial charge in [0, 0.05) is 33.8 Å². The van der Waals surface area contributed by atoms with Crippen molar-refractivity contribution in [2.45, 2.75) is 6.92 Å². The number of rotatable bonds is 4. The highest BCUT2D eigenvalue weighted by Gasteiger charge is 2.37. The van der Waals surface area contributed by atoms with Gasteiger partial charge in [0.2, 0.25) is 5.91 Å². The highest BCUT2D eigenvalue weighted by atomic mass is 79.9. The van der Waals surface area contributed by atoms with Crippen molar-refractivity contribution in [3.05, 3.63) is 45.4 Å². The van der Waals surface area contributed by atoms with Crippen LogP contribution in [-0.4, -0.2) is 43.8 Å². The normalized spacial score (nSPS) is 12.9. The highest BCUT2D eigenvalue weighted by molar-refractivity contribution is 9.10. The molecule has 0 fully saturated rings. The van der Waals surface area contributed by atoms with E-state index in [9.17, 15) is 19.6 Å². The van der Waals surface area contributed by atoms with Crippen LogP contribution >= 0.6 is 15.9 Å². The number of benzene rings is 2. The van der Waals surface area contributed by atoms with Gasteiger partial charge < -0.3 is 10.2 Å². The van der Waals surface area contributed by atoms with Crippen LogP contribution in [0.3, 0.4) is 0 Å². The van der Waals surface area contributed by atoms with Crippen molar-refractivity contribution in [3.63, 3.8) is 0 Å². The van der Waals surface area contributed by atoms with Gasteiger partial charge in [-0.1, -0.05) is 0 Å². The van der Waals surface area contributed by atoms with Crippen molar-refractivity contribution in [2.24, 2.45) is 10.2 Å². The second-order valence-electron chi connectivity index (χ2n) is 6.77. The molecule has 3 amide bonds. The number of nitrogens with one attached hydrogen (secondary N) is 1. The van der Waals surface area contributed by atoms with Crippen molar-refractivity contribution in [1.82, 2.24) is 4.90 Å². The monoisotopic (exact) mass is 468 g/mol. The van der Waals surface area contributed by atoms with E-state index < -0.39 is 11.8 Å². The molecule has 1 heterocycles. The fourth-order valence-electron chi connectivity index (χ4n) is 2.92. The van der Waals surface area contributed by atoms with E-state index in [0.717, 1.165) is 10.6 Å². The minimum Gasteiger partial charge on any atom is -0.378 e. The first-order chi connectivity index (χ1) is 14.1. The molecule has 0 saturated heterocycles. The number of nitriles is 1. The Morgan fingerprint density at radius 2 is 1.90 bits per heavy atom. The molecule has 0 spiro atoms. The van der Waals surface area contributed by atoms with Crippen LogP contribution in [0.25, 0.3) is 0 Å². The zero-order valence-electron chi connectivity index (χ0n) is 16.6. The minimum absolute atomic E-state index is 0.0896. The first-order valence-electron chi connectivity index (χ1n) is 8.75. The zero-order valence-corrected chi connectivity index (χ0v) is 18.2. The molecule has 0 saturated carbocycles. The van der Waals surface area contributed by atoms with Gasteiger partial charge in [-0.25, -0.2) is 0 Å². The van der Waals surface area contributed by atoms with E-state index in [4.69, 9.17) is 0 Å². The first kappa shape index (κ1) is 21.1. The van der Waals surface area contributed by atoms with Gasteiger partial charge in [0.1, 0.15) is 17.4 Å². The number of hydrogen-bond donors (Lipinski definition) is 1. The summed E-state index contributed by atoms with van der Waals surface area (Å²) < 4.78 is 0.217. The second-order valence-corrected chi connectivity index (χ2v) is 7.56. The van der Waals surface area contributed by atoms with Gasteiger partial charge in [-0.05, 0) is 40.2 Å². The summed E-state index contributed by atoms with van der Waals surface area (Å²) in [4.78, 5) is 39.1. The molecular weight excluding hydrogens is 452 g/mol. The van der Waals surface area contributed by atoms with Gasteiger partial charge in [0.15, 0.2) is 0 Å². The molecule has 0 atom stereocenters. The molecule has 0 bridgehead atoms. The maximum Gasteiger partial charge on any atom is 0.262 e. The van der Waals surface area contributed by atoms with Crippen molar-refractivity contribution in [3.8, 4) is 6.07 Å². The molecule has 1 aliphatic rings.